The molecule has 1 N–H and O–H groups in total. The fourth-order valence-corrected chi connectivity index (χ4v) is 3.03. The lowest BCUT2D eigenvalue weighted by atomic mass is 9.71. The molecule has 0 radical (unpaired) electrons. The fourth-order valence-electron chi connectivity index (χ4n) is 3.03. The maximum Gasteiger partial charge on any atom is 0.306 e. The van der Waals surface area contributed by atoms with Gasteiger partial charge in [0.15, 0.2) is 0 Å². The van der Waals surface area contributed by atoms with Crippen molar-refractivity contribution in [2.45, 2.75) is 65.2 Å². The van der Waals surface area contributed by atoms with Crippen molar-refractivity contribution in [3.05, 3.63) is 0 Å². The van der Waals surface area contributed by atoms with Crippen LogP contribution in [0.4, 0.5) is 0 Å². The molecule has 0 spiro atoms. The van der Waals surface area contributed by atoms with Crippen LogP contribution in [0, 0.1) is 17.8 Å². The van der Waals surface area contributed by atoms with Crippen LogP contribution in [0.25, 0.3) is 0 Å². The lowest BCUT2D eigenvalue weighted by Crippen LogP contribution is -2.30. The van der Waals surface area contributed by atoms with Gasteiger partial charge in [0.25, 0.3) is 0 Å². The van der Waals surface area contributed by atoms with Gasteiger partial charge >= 0.3 is 5.97 Å². The highest BCUT2D eigenvalue weighted by Crippen LogP contribution is 2.38. The number of carbonyl (C=O) groups is 1. The number of carboxylic acid groups (broad SMARTS) is 1. The third-order valence-electron chi connectivity index (χ3n) is 4.16. The molecule has 1 saturated carbocycles. The maximum absolute atomic E-state index is 11.2. The zero-order chi connectivity index (χ0) is 12.0. The average Bonchev–Trinajstić information content (AvgIpc) is 2.29. The molecule has 0 aromatic heterocycles. The minimum atomic E-state index is -0.559. The number of hydrogen-bond acceptors (Lipinski definition) is 1. The van der Waals surface area contributed by atoms with E-state index in [2.05, 4.69) is 13.8 Å². The van der Waals surface area contributed by atoms with E-state index in [0.29, 0.717) is 5.92 Å². The molecule has 0 aliphatic heterocycles. The summed E-state index contributed by atoms with van der Waals surface area (Å²) in [5, 5.41) is 9.22. The van der Waals surface area contributed by atoms with Crippen molar-refractivity contribution in [1.29, 1.82) is 0 Å². The Bertz CT molecular complexity index is 213. The normalized spacial score (nSPS) is 30.2. The highest BCUT2D eigenvalue weighted by atomic mass is 16.4. The molecule has 1 aliphatic rings. The monoisotopic (exact) mass is 226 g/mol. The summed E-state index contributed by atoms with van der Waals surface area (Å²) in [4.78, 5) is 11.2. The summed E-state index contributed by atoms with van der Waals surface area (Å²) >= 11 is 0. The van der Waals surface area contributed by atoms with E-state index in [0.717, 1.165) is 31.6 Å². The van der Waals surface area contributed by atoms with E-state index in [9.17, 15) is 9.90 Å². The molecule has 1 rings (SSSR count). The molecule has 3 atom stereocenters. The maximum atomic E-state index is 11.2. The van der Waals surface area contributed by atoms with Crippen molar-refractivity contribution in [2.24, 2.45) is 17.8 Å². The van der Waals surface area contributed by atoms with E-state index < -0.39 is 5.97 Å². The molecule has 0 aromatic rings. The van der Waals surface area contributed by atoms with Crippen LogP contribution in [-0.2, 0) is 4.79 Å². The second-order valence-corrected chi connectivity index (χ2v) is 5.29. The predicted octanol–water partition coefficient (Wildman–Crippen LogP) is 4.09. The molecule has 0 saturated heterocycles. The van der Waals surface area contributed by atoms with Gasteiger partial charge in [-0.05, 0) is 37.5 Å². The summed E-state index contributed by atoms with van der Waals surface area (Å²) < 4.78 is 0. The molecule has 3 unspecified atom stereocenters. The number of rotatable bonds is 6. The number of carboxylic acids is 1. The first-order valence-corrected chi connectivity index (χ1v) is 6.91. The first-order valence-electron chi connectivity index (χ1n) is 6.91. The van der Waals surface area contributed by atoms with Gasteiger partial charge < -0.3 is 5.11 Å². The second-order valence-electron chi connectivity index (χ2n) is 5.29. The van der Waals surface area contributed by atoms with Gasteiger partial charge in [0, 0.05) is 0 Å². The Morgan fingerprint density at radius 2 is 2.00 bits per heavy atom. The van der Waals surface area contributed by atoms with Crippen LogP contribution >= 0.6 is 0 Å². The van der Waals surface area contributed by atoms with Crippen molar-refractivity contribution >= 4 is 5.97 Å². The van der Waals surface area contributed by atoms with E-state index in [4.69, 9.17) is 0 Å². The van der Waals surface area contributed by atoms with Gasteiger partial charge in [0.2, 0.25) is 0 Å². The van der Waals surface area contributed by atoms with Crippen molar-refractivity contribution in [2.75, 3.05) is 0 Å². The van der Waals surface area contributed by atoms with Gasteiger partial charge in [-0.1, -0.05) is 39.5 Å². The Hall–Kier alpha value is -0.530. The van der Waals surface area contributed by atoms with E-state index in [1.54, 1.807) is 0 Å². The Morgan fingerprint density at radius 3 is 2.56 bits per heavy atom. The largest absolute Gasteiger partial charge is 0.481 e. The molecule has 1 fully saturated rings. The topological polar surface area (TPSA) is 37.3 Å². The van der Waals surface area contributed by atoms with Crippen LogP contribution in [0.1, 0.15) is 65.2 Å². The molecule has 0 amide bonds. The minimum absolute atomic E-state index is 0.0559. The van der Waals surface area contributed by atoms with E-state index >= 15 is 0 Å². The average molecular weight is 226 g/mol. The van der Waals surface area contributed by atoms with Crippen molar-refractivity contribution in [1.82, 2.24) is 0 Å². The number of unbranched alkanes of at least 4 members (excludes halogenated alkanes) is 2. The summed E-state index contributed by atoms with van der Waals surface area (Å²) in [5.74, 6) is 0.612. The summed E-state index contributed by atoms with van der Waals surface area (Å²) in [7, 11) is 0. The van der Waals surface area contributed by atoms with Crippen LogP contribution < -0.4 is 0 Å². The van der Waals surface area contributed by atoms with Crippen LogP contribution in [0.2, 0.25) is 0 Å². The molecule has 94 valence electrons. The molecule has 0 aromatic carbocycles. The van der Waals surface area contributed by atoms with E-state index in [1.165, 1.54) is 25.7 Å². The molecular weight excluding hydrogens is 200 g/mol. The van der Waals surface area contributed by atoms with Gasteiger partial charge in [-0.25, -0.2) is 0 Å². The second kappa shape index (κ2) is 6.93. The first-order chi connectivity index (χ1) is 7.69. The Balaban J connectivity index is 2.46. The smallest absolute Gasteiger partial charge is 0.306 e. The number of hydrogen-bond donors (Lipinski definition) is 1. The van der Waals surface area contributed by atoms with Crippen LogP contribution in [-0.4, -0.2) is 11.1 Å². The molecule has 2 heteroatoms. The molecule has 16 heavy (non-hydrogen) atoms. The molecular formula is C14H26O2. The summed E-state index contributed by atoms with van der Waals surface area (Å²) in [6.07, 6.45) is 9.21. The Labute approximate surface area is 99.4 Å². The van der Waals surface area contributed by atoms with E-state index in [-0.39, 0.29) is 5.92 Å². The van der Waals surface area contributed by atoms with Crippen LogP contribution in [0.5, 0.6) is 0 Å². The molecule has 1 aliphatic carbocycles. The number of aliphatic carboxylic acids is 1. The summed E-state index contributed by atoms with van der Waals surface area (Å²) in [6, 6.07) is 0. The Kier molecular flexibility index (Phi) is 5.86. The lowest BCUT2D eigenvalue weighted by molar-refractivity contribution is -0.145. The summed E-state index contributed by atoms with van der Waals surface area (Å²) in [6.45, 7) is 4.43. The quantitative estimate of drug-likeness (QED) is 0.692. The first kappa shape index (κ1) is 13.5. The molecule has 0 bridgehead atoms. The highest BCUT2D eigenvalue weighted by molar-refractivity contribution is 5.70. The van der Waals surface area contributed by atoms with Crippen molar-refractivity contribution in [3.8, 4) is 0 Å². The standard InChI is InChI=1S/C14H26O2/c1-3-5-6-7-12-10-11(4-2)8-9-13(12)14(15)16/h11-13H,3-10H2,1-2H3,(H,15,16). The van der Waals surface area contributed by atoms with Crippen molar-refractivity contribution < 1.29 is 9.90 Å². The van der Waals surface area contributed by atoms with Gasteiger partial charge in [-0.2, -0.15) is 0 Å². The third kappa shape index (κ3) is 3.80. The van der Waals surface area contributed by atoms with Gasteiger partial charge in [0.1, 0.15) is 0 Å². The fraction of sp³-hybridized carbons (Fsp3) is 0.929. The van der Waals surface area contributed by atoms with Gasteiger partial charge in [-0.3, -0.25) is 4.79 Å². The van der Waals surface area contributed by atoms with Crippen LogP contribution in [0.3, 0.4) is 0 Å². The third-order valence-corrected chi connectivity index (χ3v) is 4.16. The SMILES string of the molecule is CCCCCC1CC(CC)CCC1C(=O)O. The highest BCUT2D eigenvalue weighted by Gasteiger charge is 2.33. The zero-order valence-corrected chi connectivity index (χ0v) is 10.7. The van der Waals surface area contributed by atoms with Gasteiger partial charge in [-0.15, -0.1) is 0 Å². The van der Waals surface area contributed by atoms with Crippen molar-refractivity contribution in [3.63, 3.8) is 0 Å². The Morgan fingerprint density at radius 1 is 1.25 bits per heavy atom. The lowest BCUT2D eigenvalue weighted by Gasteiger charge is -2.33. The van der Waals surface area contributed by atoms with Crippen LogP contribution in [0.15, 0.2) is 0 Å². The zero-order valence-electron chi connectivity index (χ0n) is 10.7. The van der Waals surface area contributed by atoms with E-state index in [1.807, 2.05) is 0 Å². The predicted molar refractivity (Wildman–Crippen MR) is 66.4 cm³/mol. The minimum Gasteiger partial charge on any atom is -0.481 e. The molecule has 0 heterocycles. The summed E-state index contributed by atoms with van der Waals surface area (Å²) in [5.41, 5.74) is 0. The van der Waals surface area contributed by atoms with Gasteiger partial charge in [0.05, 0.1) is 5.92 Å². The molecule has 2 nitrogen and oxygen atoms in total.